The number of carboxylic acid groups (broad SMARTS) is 2. The van der Waals surface area contributed by atoms with Gasteiger partial charge in [-0.3, -0.25) is 33.8 Å². The third-order valence-corrected chi connectivity index (χ3v) is 5.85. The number of aliphatic imine (C=N–C) groups is 1. The minimum absolute atomic E-state index is 0.0797. The minimum atomic E-state index is -1.72. The molecule has 0 aromatic heterocycles. The van der Waals surface area contributed by atoms with E-state index >= 15 is 0 Å². The highest BCUT2D eigenvalue weighted by atomic mass is 16.4. The van der Waals surface area contributed by atoms with E-state index in [9.17, 15) is 48.9 Å². The first kappa shape index (κ1) is 34.5. The van der Waals surface area contributed by atoms with Gasteiger partial charge in [-0.1, -0.05) is 0 Å². The topological polar surface area (TPSA) is 322 Å². The molecule has 4 atom stereocenters. The van der Waals surface area contributed by atoms with Gasteiger partial charge in [0.25, 0.3) is 0 Å². The van der Waals surface area contributed by atoms with Crippen LogP contribution in [0.4, 0.5) is 0 Å². The second-order valence-electron chi connectivity index (χ2n) is 8.98. The van der Waals surface area contributed by atoms with Crippen molar-refractivity contribution in [3.8, 4) is 0 Å². The number of nitrogens with two attached hydrogens (primary N) is 3. The monoisotopic (exact) mass is 587 g/mol. The van der Waals surface area contributed by atoms with Crippen molar-refractivity contribution in [3.05, 3.63) is 0 Å². The average Bonchev–Trinajstić information content (AvgIpc) is 3.41. The van der Waals surface area contributed by atoms with Crippen LogP contribution in [0, 0.1) is 0 Å². The number of nitrogens with one attached hydrogen (secondary N) is 4. The summed E-state index contributed by atoms with van der Waals surface area (Å²) < 4.78 is 0. The largest absolute Gasteiger partial charge is 0.481 e. The van der Waals surface area contributed by atoms with E-state index in [-0.39, 0.29) is 38.3 Å². The molecular weight excluding hydrogens is 550 g/mol. The number of aliphatic carboxylic acids is 2. The second-order valence-corrected chi connectivity index (χ2v) is 8.98. The number of likely N-dealkylation sites (tertiary alicyclic amines) is 1. The van der Waals surface area contributed by atoms with E-state index in [0.717, 1.165) is 4.90 Å². The van der Waals surface area contributed by atoms with Crippen LogP contribution in [0.2, 0.25) is 0 Å². The molecule has 0 aromatic carbocycles. The first-order valence-corrected chi connectivity index (χ1v) is 12.6. The average molecular weight is 588 g/mol. The van der Waals surface area contributed by atoms with Crippen molar-refractivity contribution in [2.45, 2.75) is 56.3 Å². The van der Waals surface area contributed by atoms with Gasteiger partial charge >= 0.3 is 11.9 Å². The van der Waals surface area contributed by atoms with E-state index in [1.807, 2.05) is 0 Å². The van der Waals surface area contributed by atoms with Crippen LogP contribution < -0.4 is 38.5 Å². The molecule has 19 nitrogen and oxygen atoms in total. The third kappa shape index (κ3) is 12.0. The lowest BCUT2D eigenvalue weighted by Gasteiger charge is -2.27. The number of rotatable bonds is 17. The predicted octanol–water partition coefficient (Wildman–Crippen LogP) is -5.89. The third-order valence-electron chi connectivity index (χ3n) is 5.85. The van der Waals surface area contributed by atoms with Crippen molar-refractivity contribution in [1.29, 1.82) is 0 Å². The molecular formula is C22H37N9O10. The molecule has 0 radical (unpaired) electrons. The number of amides is 5. The van der Waals surface area contributed by atoms with E-state index in [1.54, 1.807) is 0 Å². The Kier molecular flexibility index (Phi) is 14.5. The van der Waals surface area contributed by atoms with Crippen molar-refractivity contribution in [3.63, 3.8) is 0 Å². The zero-order valence-corrected chi connectivity index (χ0v) is 22.2. The van der Waals surface area contributed by atoms with Gasteiger partial charge < -0.3 is 58.7 Å². The first-order valence-electron chi connectivity index (χ1n) is 12.6. The Labute approximate surface area is 234 Å². The fourth-order valence-corrected chi connectivity index (χ4v) is 3.89. The van der Waals surface area contributed by atoms with E-state index in [1.165, 1.54) is 0 Å². The molecule has 13 N–H and O–H groups in total. The van der Waals surface area contributed by atoms with Crippen LogP contribution in [-0.4, -0.2) is 125 Å². The van der Waals surface area contributed by atoms with Crippen molar-refractivity contribution >= 4 is 47.4 Å². The molecule has 230 valence electrons. The lowest BCUT2D eigenvalue weighted by atomic mass is 10.1. The number of hydrogen-bond donors (Lipinski definition) is 10. The predicted molar refractivity (Wildman–Crippen MR) is 139 cm³/mol. The number of carbonyl (C=O) groups is 7. The Morgan fingerprint density at radius 3 is 2.15 bits per heavy atom. The molecule has 0 aliphatic carbocycles. The Bertz CT molecular complexity index is 1020. The molecule has 0 spiro atoms. The fourth-order valence-electron chi connectivity index (χ4n) is 3.89. The zero-order valence-electron chi connectivity index (χ0n) is 22.2. The minimum Gasteiger partial charge on any atom is -0.481 e. The van der Waals surface area contributed by atoms with Gasteiger partial charge in [0, 0.05) is 13.1 Å². The van der Waals surface area contributed by atoms with Gasteiger partial charge in [-0.25, -0.2) is 4.79 Å². The molecule has 0 saturated carbocycles. The highest BCUT2D eigenvalue weighted by Gasteiger charge is 2.38. The fraction of sp³-hybridized carbons (Fsp3) is 0.636. The van der Waals surface area contributed by atoms with E-state index in [4.69, 9.17) is 17.2 Å². The lowest BCUT2D eigenvalue weighted by molar-refractivity contribution is -0.150. The first-order chi connectivity index (χ1) is 19.3. The van der Waals surface area contributed by atoms with Gasteiger partial charge in [-0.2, -0.15) is 0 Å². The number of aliphatic hydroxyl groups excluding tert-OH is 1. The normalized spacial score (nSPS) is 16.4. The van der Waals surface area contributed by atoms with Gasteiger partial charge in [0.05, 0.1) is 26.1 Å². The molecule has 1 rings (SSSR count). The van der Waals surface area contributed by atoms with Crippen molar-refractivity contribution < 1.29 is 48.9 Å². The maximum absolute atomic E-state index is 12.8. The summed E-state index contributed by atoms with van der Waals surface area (Å²) in [5.41, 5.74) is 15.7. The summed E-state index contributed by atoms with van der Waals surface area (Å²) in [4.78, 5) is 89.6. The van der Waals surface area contributed by atoms with Crippen LogP contribution in [0.5, 0.6) is 0 Å². The molecule has 41 heavy (non-hydrogen) atoms. The Hall–Kier alpha value is -4.52. The second kappa shape index (κ2) is 17.2. The number of nitrogens with zero attached hydrogens (tertiary/aromatic N) is 2. The lowest BCUT2D eigenvalue weighted by Crippen LogP contribution is -2.58. The smallest absolute Gasteiger partial charge is 0.326 e. The molecule has 1 heterocycles. The molecule has 0 aromatic rings. The van der Waals surface area contributed by atoms with Gasteiger partial charge in [0.1, 0.15) is 24.2 Å². The molecule has 1 aliphatic heterocycles. The van der Waals surface area contributed by atoms with Gasteiger partial charge in [0.2, 0.25) is 29.5 Å². The SMILES string of the molecule is NCC(=O)N[C@@H](CCCN=C(N)N)C(=O)NCC(=O)N[C@H](CC(=O)O)C(=O)N[C@H](CO)C(=O)N1CCC[C@@H]1C(=O)O. The van der Waals surface area contributed by atoms with Crippen molar-refractivity contribution in [1.82, 2.24) is 26.2 Å². The highest BCUT2D eigenvalue weighted by Crippen LogP contribution is 2.18. The van der Waals surface area contributed by atoms with E-state index in [2.05, 4.69) is 26.3 Å². The van der Waals surface area contributed by atoms with Crippen molar-refractivity contribution in [2.75, 3.05) is 32.8 Å². The molecule has 0 bridgehead atoms. The molecule has 5 amide bonds. The molecule has 19 heteroatoms. The zero-order chi connectivity index (χ0) is 31.1. The molecule has 0 unspecified atom stereocenters. The molecule has 1 saturated heterocycles. The summed E-state index contributed by atoms with van der Waals surface area (Å²) in [6.45, 7) is -1.81. The van der Waals surface area contributed by atoms with Gasteiger partial charge in [-0.15, -0.1) is 0 Å². The maximum atomic E-state index is 12.8. The van der Waals surface area contributed by atoms with Crippen LogP contribution in [0.25, 0.3) is 0 Å². The number of carbonyl (C=O) groups excluding carboxylic acids is 5. The number of hydrogen-bond acceptors (Lipinski definition) is 10. The maximum Gasteiger partial charge on any atom is 0.326 e. The van der Waals surface area contributed by atoms with E-state index < -0.39 is 91.8 Å². The molecule has 1 aliphatic rings. The van der Waals surface area contributed by atoms with Crippen LogP contribution in [0.3, 0.4) is 0 Å². The summed E-state index contributed by atoms with van der Waals surface area (Å²) >= 11 is 0. The van der Waals surface area contributed by atoms with E-state index in [0.29, 0.717) is 6.42 Å². The standard InChI is InChI=1S/C22H37N9O10/c23-8-15(33)28-11(3-1-5-26-22(24)25)18(37)27-9-16(34)29-12(7-17(35)36)19(38)30-13(10-32)20(39)31-6-2-4-14(31)21(40)41/h11-14,32H,1-10,23H2,(H,27,37)(H,28,33)(H,29,34)(H,30,38)(H,35,36)(H,40,41)(H4,24,25,26)/t11-,12+,13+,14+/m0/s1. The summed E-state index contributed by atoms with van der Waals surface area (Å²) in [5, 5.41) is 37.0. The number of guanidine groups is 1. The van der Waals surface area contributed by atoms with Crippen LogP contribution in [-0.2, 0) is 33.6 Å². The van der Waals surface area contributed by atoms with Crippen LogP contribution in [0.1, 0.15) is 32.1 Å². The summed E-state index contributed by atoms with van der Waals surface area (Å²) in [6.07, 6.45) is 0.0216. The summed E-state index contributed by atoms with van der Waals surface area (Å²) in [5.74, 6) is -7.35. The number of carboxylic acids is 2. The quantitative estimate of drug-likeness (QED) is 0.0431. The Balaban J connectivity index is 2.82. The number of aliphatic hydroxyl groups is 1. The van der Waals surface area contributed by atoms with Crippen molar-refractivity contribution in [2.24, 2.45) is 22.2 Å². The van der Waals surface area contributed by atoms with Crippen LogP contribution >= 0.6 is 0 Å². The summed E-state index contributed by atoms with van der Waals surface area (Å²) in [7, 11) is 0. The molecule has 1 fully saturated rings. The van der Waals surface area contributed by atoms with Gasteiger partial charge in [-0.05, 0) is 25.7 Å². The summed E-state index contributed by atoms with van der Waals surface area (Å²) in [6, 6.07) is -5.57. The highest BCUT2D eigenvalue weighted by molar-refractivity contribution is 5.96. The van der Waals surface area contributed by atoms with Crippen LogP contribution in [0.15, 0.2) is 4.99 Å². The Morgan fingerprint density at radius 2 is 1.59 bits per heavy atom. The Morgan fingerprint density at radius 1 is 0.927 bits per heavy atom. The van der Waals surface area contributed by atoms with Gasteiger partial charge in [0.15, 0.2) is 5.96 Å².